The lowest BCUT2D eigenvalue weighted by molar-refractivity contribution is -0.204. The maximum absolute atomic E-state index is 15.2. The summed E-state index contributed by atoms with van der Waals surface area (Å²) in [6.07, 6.45) is 3.20. The molecular formula is C26H32FNO5S. The first-order chi connectivity index (χ1) is 16.2. The molecule has 0 radical (unpaired) electrons. The van der Waals surface area contributed by atoms with Crippen LogP contribution in [-0.4, -0.2) is 42.9 Å². The molecule has 2 heterocycles. The highest BCUT2D eigenvalue weighted by Gasteiger charge is 2.46. The highest BCUT2D eigenvalue weighted by atomic mass is 32.2. The molecule has 8 heteroatoms. The van der Waals surface area contributed by atoms with Gasteiger partial charge < -0.3 is 14.6 Å². The second-order valence-corrected chi connectivity index (χ2v) is 11.9. The molecule has 2 aromatic carbocycles. The summed E-state index contributed by atoms with van der Waals surface area (Å²) < 4.78 is 55.1. The lowest BCUT2D eigenvalue weighted by Gasteiger charge is -2.41. The predicted octanol–water partition coefficient (Wildman–Crippen LogP) is 4.39. The maximum atomic E-state index is 15.2. The number of nitrogens with zero attached hydrogens (tertiary/aromatic N) is 1. The summed E-state index contributed by atoms with van der Waals surface area (Å²) in [4.78, 5) is 0. The van der Waals surface area contributed by atoms with E-state index in [4.69, 9.17) is 9.47 Å². The largest absolute Gasteiger partial charge is 0.385 e. The van der Waals surface area contributed by atoms with Crippen LogP contribution in [0.2, 0.25) is 0 Å². The Morgan fingerprint density at radius 1 is 1.03 bits per heavy atom. The molecule has 2 unspecified atom stereocenters. The zero-order chi connectivity index (χ0) is 24.0. The van der Waals surface area contributed by atoms with Crippen molar-refractivity contribution in [1.29, 1.82) is 0 Å². The smallest absolute Gasteiger partial charge is 0.221 e. The number of aliphatic hydroxyl groups is 1. The molecule has 184 valence electrons. The SMILES string of the molecule is CC1CCC(c2ccccc2)S(=O)(=O)N1Cc1ccc(C2(O)CCC3(CC2)OCCO3)cc1F. The molecule has 2 atom stereocenters. The van der Waals surface area contributed by atoms with Crippen molar-refractivity contribution in [3.63, 3.8) is 0 Å². The van der Waals surface area contributed by atoms with Crippen LogP contribution in [-0.2, 0) is 31.6 Å². The van der Waals surface area contributed by atoms with E-state index in [-0.39, 0.29) is 12.6 Å². The molecule has 0 amide bonds. The molecule has 34 heavy (non-hydrogen) atoms. The second kappa shape index (κ2) is 8.99. The van der Waals surface area contributed by atoms with Gasteiger partial charge >= 0.3 is 0 Å². The van der Waals surface area contributed by atoms with Crippen LogP contribution < -0.4 is 0 Å². The fraction of sp³-hybridized carbons (Fsp3) is 0.538. The van der Waals surface area contributed by atoms with Gasteiger partial charge in [-0.3, -0.25) is 0 Å². The summed E-state index contributed by atoms with van der Waals surface area (Å²) in [5.74, 6) is -1.11. The predicted molar refractivity (Wildman–Crippen MR) is 126 cm³/mol. The van der Waals surface area contributed by atoms with Crippen LogP contribution in [0.4, 0.5) is 4.39 Å². The second-order valence-electron chi connectivity index (χ2n) is 9.86. The average Bonchev–Trinajstić information content (AvgIpc) is 3.28. The monoisotopic (exact) mass is 489 g/mol. The molecule has 5 rings (SSSR count). The van der Waals surface area contributed by atoms with Crippen LogP contribution >= 0.6 is 0 Å². The van der Waals surface area contributed by atoms with Gasteiger partial charge in [0, 0.05) is 31.0 Å². The van der Waals surface area contributed by atoms with Crippen molar-refractivity contribution in [3.05, 3.63) is 71.0 Å². The van der Waals surface area contributed by atoms with E-state index in [1.54, 1.807) is 12.1 Å². The Kier molecular flexibility index (Phi) is 6.31. The van der Waals surface area contributed by atoms with E-state index in [9.17, 15) is 13.5 Å². The fourth-order valence-corrected chi connectivity index (χ4v) is 7.79. The molecule has 2 aliphatic heterocycles. The summed E-state index contributed by atoms with van der Waals surface area (Å²) in [7, 11) is -3.65. The highest BCUT2D eigenvalue weighted by molar-refractivity contribution is 7.89. The van der Waals surface area contributed by atoms with Crippen LogP contribution in [0, 0.1) is 5.82 Å². The van der Waals surface area contributed by atoms with E-state index in [2.05, 4.69) is 0 Å². The molecule has 0 bridgehead atoms. The Hall–Kier alpha value is -1.84. The lowest BCUT2D eigenvalue weighted by Crippen LogP contribution is -2.45. The molecule has 3 fully saturated rings. The molecule has 1 aliphatic carbocycles. The maximum Gasteiger partial charge on any atom is 0.221 e. The highest BCUT2D eigenvalue weighted by Crippen LogP contribution is 2.45. The Bertz CT molecular complexity index is 1120. The topological polar surface area (TPSA) is 76.1 Å². The standard InChI is InChI=1S/C26H32FNO5S/c1-19-7-10-24(20-5-3-2-4-6-20)34(30,31)28(19)18-21-8-9-22(17-23(21)27)25(29)11-13-26(14-12-25)32-15-16-33-26/h2-6,8-9,17,19,24,29H,7,10-16,18H2,1H3. The summed E-state index contributed by atoms with van der Waals surface area (Å²) >= 11 is 0. The number of sulfonamides is 1. The summed E-state index contributed by atoms with van der Waals surface area (Å²) in [6.45, 7) is 2.97. The molecule has 1 saturated carbocycles. The molecule has 2 saturated heterocycles. The van der Waals surface area contributed by atoms with Gasteiger partial charge in [0.2, 0.25) is 10.0 Å². The van der Waals surface area contributed by atoms with Gasteiger partial charge in [0.05, 0.1) is 18.8 Å². The lowest BCUT2D eigenvalue weighted by atomic mass is 9.77. The van der Waals surface area contributed by atoms with Gasteiger partial charge in [-0.2, -0.15) is 4.31 Å². The molecule has 0 aromatic heterocycles. The van der Waals surface area contributed by atoms with Gasteiger partial charge in [-0.15, -0.1) is 0 Å². The fourth-order valence-electron chi connectivity index (χ4n) is 5.60. The molecule has 2 aromatic rings. The number of hydrogen-bond acceptors (Lipinski definition) is 5. The van der Waals surface area contributed by atoms with Crippen molar-refractivity contribution < 1.29 is 27.4 Å². The van der Waals surface area contributed by atoms with E-state index < -0.39 is 32.5 Å². The van der Waals surface area contributed by atoms with Gasteiger partial charge in [-0.05, 0) is 49.8 Å². The quantitative estimate of drug-likeness (QED) is 0.690. The molecule has 1 N–H and O–H groups in total. The zero-order valence-corrected chi connectivity index (χ0v) is 20.3. The van der Waals surface area contributed by atoms with Crippen LogP contribution in [0.15, 0.2) is 48.5 Å². The summed E-state index contributed by atoms with van der Waals surface area (Å²) in [5.41, 5.74) is 0.440. The zero-order valence-electron chi connectivity index (χ0n) is 19.5. The third-order valence-corrected chi connectivity index (χ3v) is 10.1. The first-order valence-corrected chi connectivity index (χ1v) is 13.6. The van der Waals surface area contributed by atoms with E-state index in [0.717, 1.165) is 5.56 Å². The van der Waals surface area contributed by atoms with Crippen LogP contribution in [0.5, 0.6) is 0 Å². The Morgan fingerprint density at radius 2 is 1.71 bits per heavy atom. The number of rotatable bonds is 4. The van der Waals surface area contributed by atoms with Gasteiger partial charge in [0.25, 0.3) is 0 Å². The number of ether oxygens (including phenoxy) is 2. The van der Waals surface area contributed by atoms with Crippen molar-refractivity contribution in [2.24, 2.45) is 0 Å². The van der Waals surface area contributed by atoms with Crippen LogP contribution in [0.25, 0.3) is 0 Å². The van der Waals surface area contributed by atoms with E-state index in [1.165, 1.54) is 10.4 Å². The third kappa shape index (κ3) is 4.31. The number of hydrogen-bond donors (Lipinski definition) is 1. The van der Waals surface area contributed by atoms with Gasteiger partial charge in [-0.1, -0.05) is 42.5 Å². The minimum atomic E-state index is -3.65. The van der Waals surface area contributed by atoms with Crippen molar-refractivity contribution in [2.45, 2.75) is 74.7 Å². The summed E-state index contributed by atoms with van der Waals surface area (Å²) in [5, 5.41) is 10.6. The van der Waals surface area contributed by atoms with Crippen molar-refractivity contribution in [1.82, 2.24) is 4.31 Å². The molecule has 3 aliphatic rings. The average molecular weight is 490 g/mol. The van der Waals surface area contributed by atoms with E-state index in [0.29, 0.717) is 62.9 Å². The van der Waals surface area contributed by atoms with Crippen LogP contribution in [0.1, 0.15) is 67.4 Å². The molecular weight excluding hydrogens is 457 g/mol. The van der Waals surface area contributed by atoms with Gasteiger partial charge in [-0.25, -0.2) is 12.8 Å². The van der Waals surface area contributed by atoms with E-state index >= 15 is 4.39 Å². The number of benzene rings is 2. The minimum absolute atomic E-state index is 0.0256. The minimum Gasteiger partial charge on any atom is -0.385 e. The first kappa shape index (κ1) is 23.9. The third-order valence-electron chi connectivity index (χ3n) is 7.77. The normalized spacial score (nSPS) is 28.2. The number of halogens is 1. The van der Waals surface area contributed by atoms with Crippen molar-refractivity contribution in [3.8, 4) is 0 Å². The van der Waals surface area contributed by atoms with Crippen LogP contribution in [0.3, 0.4) is 0 Å². The van der Waals surface area contributed by atoms with Gasteiger partial charge in [0.15, 0.2) is 5.79 Å². The Balaban J connectivity index is 1.34. The Morgan fingerprint density at radius 3 is 2.35 bits per heavy atom. The van der Waals surface area contributed by atoms with E-state index in [1.807, 2.05) is 37.3 Å². The van der Waals surface area contributed by atoms with Gasteiger partial charge in [0.1, 0.15) is 11.1 Å². The molecule has 1 spiro atoms. The van der Waals surface area contributed by atoms with Crippen molar-refractivity contribution in [2.75, 3.05) is 13.2 Å². The van der Waals surface area contributed by atoms with Crippen molar-refractivity contribution >= 4 is 10.0 Å². The summed E-state index contributed by atoms with van der Waals surface area (Å²) in [6, 6.07) is 13.7. The first-order valence-electron chi connectivity index (χ1n) is 12.1. The Labute approximate surface area is 200 Å². The molecule has 6 nitrogen and oxygen atoms in total.